The van der Waals surface area contributed by atoms with E-state index in [1.165, 1.54) is 24.0 Å². The highest BCUT2D eigenvalue weighted by Crippen LogP contribution is 2.28. The van der Waals surface area contributed by atoms with E-state index in [2.05, 4.69) is 42.2 Å². The number of rotatable bonds is 9. The summed E-state index contributed by atoms with van der Waals surface area (Å²) in [6, 6.07) is 16.2. The summed E-state index contributed by atoms with van der Waals surface area (Å²) >= 11 is 0. The molecule has 5 rings (SSSR count). The molecular formula is C35H42N4O3. The number of ether oxygens (including phenoxy) is 1. The van der Waals surface area contributed by atoms with Crippen LogP contribution in [0.25, 0.3) is 17.0 Å². The molecule has 1 aliphatic heterocycles. The third-order valence-electron chi connectivity index (χ3n) is 8.35. The van der Waals surface area contributed by atoms with Crippen molar-refractivity contribution in [2.45, 2.75) is 52.5 Å². The van der Waals surface area contributed by atoms with Crippen LogP contribution in [0.4, 0.5) is 5.82 Å². The van der Waals surface area contributed by atoms with Gasteiger partial charge in [0, 0.05) is 63.2 Å². The highest BCUT2D eigenvalue weighted by Gasteiger charge is 2.24. The van der Waals surface area contributed by atoms with E-state index in [9.17, 15) is 9.59 Å². The number of amides is 2. The van der Waals surface area contributed by atoms with Crippen LogP contribution in [0.1, 0.15) is 55.7 Å². The molecule has 1 fully saturated rings. The van der Waals surface area contributed by atoms with Crippen LogP contribution in [0.15, 0.2) is 66.3 Å². The van der Waals surface area contributed by atoms with Crippen molar-refractivity contribution in [2.24, 2.45) is 0 Å². The molecule has 0 saturated carbocycles. The second-order valence-corrected chi connectivity index (χ2v) is 11.4. The van der Waals surface area contributed by atoms with Gasteiger partial charge in [-0.05, 0) is 81.0 Å². The maximum Gasteiger partial charge on any atom is 0.246 e. The van der Waals surface area contributed by atoms with E-state index in [0.717, 1.165) is 65.9 Å². The number of nitrogens with zero attached hydrogens (tertiary/aromatic N) is 4. The minimum Gasteiger partial charge on any atom is -0.497 e. The summed E-state index contributed by atoms with van der Waals surface area (Å²) in [6.07, 6.45) is 11.5. The van der Waals surface area contributed by atoms with Crippen LogP contribution >= 0.6 is 0 Å². The van der Waals surface area contributed by atoms with E-state index in [1.54, 1.807) is 20.1 Å². The van der Waals surface area contributed by atoms with E-state index in [1.807, 2.05) is 40.1 Å². The molecule has 2 heterocycles. The topological polar surface area (TPSA) is 66.0 Å². The van der Waals surface area contributed by atoms with Gasteiger partial charge in [-0.2, -0.15) is 0 Å². The van der Waals surface area contributed by atoms with E-state index < -0.39 is 0 Å². The van der Waals surface area contributed by atoms with Gasteiger partial charge in [0.15, 0.2) is 0 Å². The van der Waals surface area contributed by atoms with E-state index in [-0.39, 0.29) is 11.8 Å². The summed E-state index contributed by atoms with van der Waals surface area (Å²) in [6.45, 7) is 7.62. The number of hydrogen-bond acceptors (Lipinski definition) is 5. The first-order valence-corrected chi connectivity index (χ1v) is 15.1. The number of carbonyl (C=O) groups is 2. The number of piperazine rings is 1. The molecule has 2 aliphatic rings. The Morgan fingerprint density at radius 2 is 1.81 bits per heavy atom. The quantitative estimate of drug-likeness (QED) is 0.230. The zero-order valence-corrected chi connectivity index (χ0v) is 25.1. The highest BCUT2D eigenvalue weighted by molar-refractivity contribution is 5.92. The summed E-state index contributed by atoms with van der Waals surface area (Å²) in [5, 5.41) is 1.08. The minimum absolute atomic E-state index is 0.0149. The Kier molecular flexibility index (Phi) is 9.57. The zero-order chi connectivity index (χ0) is 29.5. The highest BCUT2D eigenvalue weighted by atomic mass is 16.5. The van der Waals surface area contributed by atoms with Crippen LogP contribution < -0.4 is 9.64 Å². The van der Waals surface area contributed by atoms with E-state index in [0.29, 0.717) is 26.2 Å². The molecular weight excluding hydrogens is 524 g/mol. The first-order chi connectivity index (χ1) is 20.4. The SMILES string of the molecule is COc1ccc(C=CC(=O)N(CCC2=CCCCC2)Cc2cc3cc(C)ccc3nc2N2CCN(C(C)=O)CC2)cc1. The van der Waals surface area contributed by atoms with Crippen molar-refractivity contribution in [3.05, 3.63) is 82.9 Å². The molecule has 1 saturated heterocycles. The molecule has 42 heavy (non-hydrogen) atoms. The number of pyridine rings is 1. The fourth-order valence-corrected chi connectivity index (χ4v) is 5.82. The number of hydrogen-bond donors (Lipinski definition) is 0. The van der Waals surface area contributed by atoms with Crippen molar-refractivity contribution >= 4 is 34.6 Å². The third-order valence-corrected chi connectivity index (χ3v) is 8.35. The first kappa shape index (κ1) is 29.4. The number of benzene rings is 2. The molecule has 0 N–H and O–H groups in total. The molecule has 0 unspecified atom stereocenters. The average molecular weight is 567 g/mol. The Balaban J connectivity index is 1.44. The van der Waals surface area contributed by atoms with Crippen LogP contribution in [0.5, 0.6) is 5.75 Å². The number of aromatic nitrogens is 1. The van der Waals surface area contributed by atoms with Crippen LogP contribution in [0.2, 0.25) is 0 Å². The molecule has 7 heteroatoms. The zero-order valence-electron chi connectivity index (χ0n) is 25.1. The lowest BCUT2D eigenvalue weighted by atomic mass is 9.97. The van der Waals surface area contributed by atoms with Crippen molar-refractivity contribution in [3.63, 3.8) is 0 Å². The Hall–Kier alpha value is -4.13. The fraction of sp³-hybridized carbons (Fsp3) is 0.400. The van der Waals surface area contributed by atoms with Crippen LogP contribution in [0.3, 0.4) is 0 Å². The number of methoxy groups -OCH3 is 1. The van der Waals surface area contributed by atoms with Gasteiger partial charge in [-0.3, -0.25) is 9.59 Å². The van der Waals surface area contributed by atoms with Gasteiger partial charge < -0.3 is 19.4 Å². The van der Waals surface area contributed by atoms with E-state index >= 15 is 0 Å². The third kappa shape index (κ3) is 7.38. The molecule has 0 spiro atoms. The second kappa shape index (κ2) is 13.7. The first-order valence-electron chi connectivity index (χ1n) is 15.1. The van der Waals surface area contributed by atoms with Gasteiger partial charge >= 0.3 is 0 Å². The number of anilines is 1. The maximum atomic E-state index is 13.8. The predicted octanol–water partition coefficient (Wildman–Crippen LogP) is 6.15. The predicted molar refractivity (Wildman–Crippen MR) is 170 cm³/mol. The Morgan fingerprint density at radius 1 is 1.02 bits per heavy atom. The molecule has 220 valence electrons. The van der Waals surface area contributed by atoms with Gasteiger partial charge in [-0.25, -0.2) is 4.98 Å². The van der Waals surface area contributed by atoms with Gasteiger partial charge in [0.05, 0.1) is 12.6 Å². The van der Waals surface area contributed by atoms with Gasteiger partial charge in [0.25, 0.3) is 0 Å². The van der Waals surface area contributed by atoms with Crippen molar-refractivity contribution in [3.8, 4) is 5.75 Å². The van der Waals surface area contributed by atoms with Crippen molar-refractivity contribution < 1.29 is 14.3 Å². The van der Waals surface area contributed by atoms with Gasteiger partial charge in [0.2, 0.25) is 11.8 Å². The number of carbonyl (C=O) groups excluding carboxylic acids is 2. The normalized spacial score (nSPS) is 15.6. The second-order valence-electron chi connectivity index (χ2n) is 11.4. The van der Waals surface area contributed by atoms with Crippen LogP contribution in [0, 0.1) is 6.92 Å². The molecule has 0 bridgehead atoms. The smallest absolute Gasteiger partial charge is 0.246 e. The molecule has 1 aromatic heterocycles. The summed E-state index contributed by atoms with van der Waals surface area (Å²) in [4.78, 5) is 37.0. The summed E-state index contributed by atoms with van der Waals surface area (Å²) in [5.41, 5.74) is 5.56. The lowest BCUT2D eigenvalue weighted by molar-refractivity contribution is -0.129. The Labute approximate surface area is 249 Å². The maximum absolute atomic E-state index is 13.8. The monoisotopic (exact) mass is 566 g/mol. The van der Waals surface area contributed by atoms with Gasteiger partial charge in [-0.15, -0.1) is 0 Å². The van der Waals surface area contributed by atoms with Gasteiger partial charge in [0.1, 0.15) is 11.6 Å². The van der Waals surface area contributed by atoms with Crippen molar-refractivity contribution in [2.75, 3.05) is 44.7 Å². The van der Waals surface area contributed by atoms with Crippen molar-refractivity contribution in [1.29, 1.82) is 0 Å². The lowest BCUT2D eigenvalue weighted by Gasteiger charge is -2.36. The minimum atomic E-state index is -0.0149. The van der Waals surface area contributed by atoms with Gasteiger partial charge in [-0.1, -0.05) is 35.4 Å². The molecule has 7 nitrogen and oxygen atoms in total. The number of allylic oxidation sites excluding steroid dienone is 1. The van der Waals surface area contributed by atoms with Crippen LogP contribution in [-0.4, -0.2) is 66.4 Å². The Morgan fingerprint density at radius 3 is 2.50 bits per heavy atom. The summed E-state index contributed by atoms with van der Waals surface area (Å²) in [5.74, 6) is 1.79. The van der Waals surface area contributed by atoms with Crippen molar-refractivity contribution in [1.82, 2.24) is 14.8 Å². The summed E-state index contributed by atoms with van der Waals surface area (Å²) < 4.78 is 5.27. The molecule has 0 radical (unpaired) electrons. The lowest BCUT2D eigenvalue weighted by Crippen LogP contribution is -2.48. The molecule has 2 amide bonds. The van der Waals surface area contributed by atoms with Crippen LogP contribution in [-0.2, 0) is 16.1 Å². The number of fused-ring (bicyclic) bond motifs is 1. The standard InChI is InChI=1S/C35H42N4O3/c1-26-9-15-33-30(23-26)24-31(35(36-33)38-21-19-37(20-22-38)27(2)40)25-39(18-17-28-7-5-4-6-8-28)34(41)16-12-29-10-13-32(42-3)14-11-29/h7,9-16,23-24H,4-6,8,17-22,25H2,1-3H3. The molecule has 1 aliphatic carbocycles. The van der Waals surface area contributed by atoms with E-state index in [4.69, 9.17) is 9.72 Å². The number of aryl methyl sites for hydroxylation is 1. The molecule has 2 aromatic carbocycles. The largest absolute Gasteiger partial charge is 0.497 e. The molecule has 3 aromatic rings. The average Bonchev–Trinajstić information content (AvgIpc) is 3.02. The molecule has 0 atom stereocenters. The summed E-state index contributed by atoms with van der Waals surface area (Å²) in [7, 11) is 1.65. The fourth-order valence-electron chi connectivity index (χ4n) is 5.82. The Bertz CT molecular complexity index is 1470.